The summed E-state index contributed by atoms with van der Waals surface area (Å²) in [7, 11) is 7.69. The summed E-state index contributed by atoms with van der Waals surface area (Å²) in [5.74, 6) is -0.391. The highest BCUT2D eigenvalue weighted by Gasteiger charge is 2.51. The molecule has 4 amide bonds. The van der Waals surface area contributed by atoms with E-state index in [2.05, 4.69) is 5.32 Å². The average Bonchev–Trinajstić information content (AvgIpc) is 2.89. The standard InChI is InChI=1S/C28H28BN5O3/c1-31-19-25(35)33-24(34(31)28(37)30-16-20-9-4-2-5-10-20)18-32(17-21-11-8-14-23(29)15-21)27(36)26(33)22-12-6-3-7-13-22/h2-15,24,26H,16-19H2,1H3,(H,30,37)/t24-,26-/m0/s1. The van der Waals surface area contributed by atoms with Crippen LogP contribution in [0, 0.1) is 0 Å². The molecule has 2 aliphatic heterocycles. The predicted molar refractivity (Wildman–Crippen MR) is 140 cm³/mol. The largest absolute Gasteiger partial charge is 0.334 e. The van der Waals surface area contributed by atoms with Gasteiger partial charge < -0.3 is 15.1 Å². The van der Waals surface area contributed by atoms with Gasteiger partial charge in [0.25, 0.3) is 5.91 Å². The van der Waals surface area contributed by atoms with Gasteiger partial charge in [0.05, 0.1) is 13.1 Å². The molecule has 0 bridgehead atoms. The second-order valence-electron chi connectivity index (χ2n) is 9.36. The molecule has 186 valence electrons. The number of hydrazine groups is 1. The molecule has 8 nitrogen and oxygen atoms in total. The lowest BCUT2D eigenvalue weighted by Crippen LogP contribution is -2.73. The Hall–Kier alpha value is -4.11. The van der Waals surface area contributed by atoms with E-state index in [1.165, 1.54) is 0 Å². The highest BCUT2D eigenvalue weighted by Crippen LogP contribution is 2.35. The number of carbonyl (C=O) groups is 3. The molecular weight excluding hydrogens is 465 g/mol. The number of nitrogens with zero attached hydrogens (tertiary/aromatic N) is 4. The fourth-order valence-electron chi connectivity index (χ4n) is 5.06. The molecule has 9 heteroatoms. The van der Waals surface area contributed by atoms with Crippen LogP contribution in [0.2, 0.25) is 0 Å². The summed E-state index contributed by atoms with van der Waals surface area (Å²) in [5, 5.41) is 6.15. The number of rotatable bonds is 5. The molecule has 2 saturated heterocycles. The van der Waals surface area contributed by atoms with E-state index >= 15 is 0 Å². The SMILES string of the molecule is [B]c1cccc(CN2C[C@H]3N(C(=O)CN(C)N3C(=O)NCc3ccccc3)[C@@H](c3ccccc3)C2=O)c1. The number of likely N-dealkylation sites (N-methyl/N-ethyl adjacent to an activating group) is 1. The fraction of sp³-hybridized carbons (Fsp3) is 0.250. The van der Waals surface area contributed by atoms with E-state index in [4.69, 9.17) is 7.85 Å². The van der Waals surface area contributed by atoms with Crippen molar-refractivity contribution in [2.75, 3.05) is 20.1 Å². The summed E-state index contributed by atoms with van der Waals surface area (Å²) in [6, 6.07) is 25.1. The zero-order chi connectivity index (χ0) is 25.9. The molecular formula is C28H28BN5O3. The van der Waals surface area contributed by atoms with Gasteiger partial charge in [0.1, 0.15) is 20.1 Å². The van der Waals surface area contributed by atoms with Gasteiger partial charge in [0.2, 0.25) is 5.91 Å². The van der Waals surface area contributed by atoms with E-state index in [1.54, 1.807) is 32.9 Å². The lowest BCUT2D eigenvalue weighted by atomic mass is 9.94. The minimum atomic E-state index is -0.841. The molecule has 2 radical (unpaired) electrons. The molecule has 37 heavy (non-hydrogen) atoms. The van der Waals surface area contributed by atoms with Crippen LogP contribution in [0.25, 0.3) is 0 Å². The highest BCUT2D eigenvalue weighted by molar-refractivity contribution is 6.32. The normalized spacial score (nSPS) is 20.1. The van der Waals surface area contributed by atoms with E-state index in [9.17, 15) is 14.4 Å². The van der Waals surface area contributed by atoms with Gasteiger partial charge in [-0.05, 0) is 16.7 Å². The van der Waals surface area contributed by atoms with Crippen molar-refractivity contribution in [1.29, 1.82) is 0 Å². The second-order valence-corrected chi connectivity index (χ2v) is 9.36. The molecule has 2 fully saturated rings. The van der Waals surface area contributed by atoms with Gasteiger partial charge in [-0.25, -0.2) is 14.8 Å². The van der Waals surface area contributed by atoms with Gasteiger partial charge in [-0.2, -0.15) is 0 Å². The van der Waals surface area contributed by atoms with Crippen molar-refractivity contribution >= 4 is 31.2 Å². The number of hydrogen-bond acceptors (Lipinski definition) is 4. The van der Waals surface area contributed by atoms with Crippen molar-refractivity contribution < 1.29 is 14.4 Å². The van der Waals surface area contributed by atoms with Gasteiger partial charge in [-0.1, -0.05) is 90.4 Å². The number of carbonyl (C=O) groups excluding carboxylic acids is 3. The van der Waals surface area contributed by atoms with Gasteiger partial charge in [0, 0.05) is 20.1 Å². The lowest BCUT2D eigenvalue weighted by molar-refractivity contribution is -0.188. The van der Waals surface area contributed by atoms with Crippen LogP contribution in [0.15, 0.2) is 84.9 Å². The van der Waals surface area contributed by atoms with Crippen LogP contribution in [0.3, 0.4) is 0 Å². The summed E-state index contributed by atoms with van der Waals surface area (Å²) in [4.78, 5) is 44.0. The zero-order valence-electron chi connectivity index (χ0n) is 20.7. The fourth-order valence-corrected chi connectivity index (χ4v) is 5.06. The molecule has 0 aliphatic carbocycles. The van der Waals surface area contributed by atoms with Crippen LogP contribution >= 0.6 is 0 Å². The second kappa shape index (κ2) is 10.5. The number of amides is 4. The van der Waals surface area contributed by atoms with Crippen LogP contribution in [-0.2, 0) is 22.7 Å². The van der Waals surface area contributed by atoms with Crippen molar-refractivity contribution in [3.05, 3.63) is 102 Å². The van der Waals surface area contributed by atoms with Crippen molar-refractivity contribution in [2.45, 2.75) is 25.3 Å². The van der Waals surface area contributed by atoms with Crippen molar-refractivity contribution in [3.63, 3.8) is 0 Å². The van der Waals surface area contributed by atoms with E-state index in [0.717, 1.165) is 11.1 Å². The van der Waals surface area contributed by atoms with Crippen LogP contribution in [0.1, 0.15) is 22.7 Å². The lowest BCUT2D eigenvalue weighted by Gasteiger charge is -2.54. The molecule has 2 aliphatic rings. The minimum absolute atomic E-state index is 0.0128. The Balaban J connectivity index is 1.48. The molecule has 0 saturated carbocycles. The third kappa shape index (κ3) is 5.08. The van der Waals surface area contributed by atoms with E-state index in [0.29, 0.717) is 24.1 Å². The summed E-state index contributed by atoms with van der Waals surface area (Å²) in [6.45, 7) is 0.820. The van der Waals surface area contributed by atoms with Gasteiger partial charge in [-0.3, -0.25) is 9.59 Å². The quantitative estimate of drug-likeness (QED) is 0.551. The minimum Gasteiger partial charge on any atom is -0.333 e. The Kier molecular flexibility index (Phi) is 6.96. The van der Waals surface area contributed by atoms with Gasteiger partial charge in [0.15, 0.2) is 0 Å². The molecule has 2 heterocycles. The van der Waals surface area contributed by atoms with Crippen molar-refractivity contribution in [1.82, 2.24) is 25.1 Å². The van der Waals surface area contributed by atoms with Crippen molar-refractivity contribution in [3.8, 4) is 0 Å². The van der Waals surface area contributed by atoms with E-state index < -0.39 is 12.2 Å². The molecule has 0 spiro atoms. The Morgan fingerprint density at radius 3 is 2.32 bits per heavy atom. The van der Waals surface area contributed by atoms with Gasteiger partial charge in [-0.15, -0.1) is 0 Å². The molecule has 3 aromatic rings. The summed E-state index contributed by atoms with van der Waals surface area (Å²) >= 11 is 0. The first-order valence-corrected chi connectivity index (χ1v) is 12.2. The number of urea groups is 1. The van der Waals surface area contributed by atoms with Crippen molar-refractivity contribution in [2.24, 2.45) is 0 Å². The Morgan fingerprint density at radius 1 is 0.946 bits per heavy atom. The molecule has 0 aromatic heterocycles. The first-order valence-electron chi connectivity index (χ1n) is 12.2. The first kappa shape index (κ1) is 24.6. The summed E-state index contributed by atoms with van der Waals surface area (Å²) < 4.78 is 0. The number of fused-ring (bicyclic) bond motifs is 1. The smallest absolute Gasteiger partial charge is 0.333 e. The Labute approximate surface area is 217 Å². The summed E-state index contributed by atoms with van der Waals surface area (Å²) in [6.07, 6.45) is -0.675. The maximum atomic E-state index is 13.9. The number of benzene rings is 3. The Bertz CT molecular complexity index is 1290. The first-order chi connectivity index (χ1) is 17.9. The molecule has 1 N–H and O–H groups in total. The highest BCUT2D eigenvalue weighted by atomic mass is 16.2. The van der Waals surface area contributed by atoms with Crippen LogP contribution < -0.4 is 10.8 Å². The monoisotopic (exact) mass is 493 g/mol. The maximum Gasteiger partial charge on any atom is 0.334 e. The third-order valence-electron chi connectivity index (χ3n) is 6.77. The van der Waals surface area contributed by atoms with Gasteiger partial charge >= 0.3 is 6.03 Å². The molecule has 5 rings (SSSR count). The number of piperazine rings is 1. The third-order valence-corrected chi connectivity index (χ3v) is 6.77. The van der Waals surface area contributed by atoms with E-state index in [-0.39, 0.29) is 30.9 Å². The number of nitrogens with one attached hydrogen (secondary N) is 1. The van der Waals surface area contributed by atoms with Crippen LogP contribution in [-0.4, -0.2) is 71.8 Å². The molecule has 0 unspecified atom stereocenters. The summed E-state index contributed by atoms with van der Waals surface area (Å²) in [5.41, 5.74) is 3.16. The maximum absolute atomic E-state index is 13.9. The Morgan fingerprint density at radius 2 is 1.62 bits per heavy atom. The molecule has 2 atom stereocenters. The topological polar surface area (TPSA) is 76.2 Å². The van der Waals surface area contributed by atoms with E-state index in [1.807, 2.05) is 78.9 Å². The van der Waals surface area contributed by atoms with Crippen LogP contribution in [0.4, 0.5) is 4.79 Å². The molecule has 3 aromatic carbocycles. The number of hydrogen-bond donors (Lipinski definition) is 1. The predicted octanol–water partition coefficient (Wildman–Crippen LogP) is 1.79. The average molecular weight is 493 g/mol. The zero-order valence-corrected chi connectivity index (χ0v) is 20.7. The van der Waals surface area contributed by atoms with Crippen LogP contribution in [0.5, 0.6) is 0 Å².